The molecule has 2 N–H and O–H groups in total. The van der Waals surface area contributed by atoms with Crippen LogP contribution in [0.15, 0.2) is 18.2 Å². The van der Waals surface area contributed by atoms with E-state index in [-0.39, 0.29) is 18.4 Å². The van der Waals surface area contributed by atoms with Crippen LogP contribution in [0.1, 0.15) is 12.0 Å². The van der Waals surface area contributed by atoms with Gasteiger partial charge in [-0.15, -0.1) is 0 Å². The molecule has 0 atom stereocenters. The second-order valence-corrected chi connectivity index (χ2v) is 3.41. The standard InChI is InChI=1S/C11H11F2NO3/c12-8-2-3-9(13)7(5-8)1-4-10(15)14-6-11(16)17/h2-3,5H,1,4,6H2,(H,14,15)(H,16,17). The number of carbonyl (C=O) groups is 2. The predicted octanol–water partition coefficient (Wildman–Crippen LogP) is 1.10. The molecule has 1 aromatic carbocycles. The molecule has 0 heterocycles. The molecule has 6 heteroatoms. The number of aryl methyl sites for hydroxylation is 1. The van der Waals surface area contributed by atoms with Gasteiger partial charge < -0.3 is 10.4 Å². The average molecular weight is 243 g/mol. The van der Waals surface area contributed by atoms with Crippen LogP contribution in [0.4, 0.5) is 8.78 Å². The number of amides is 1. The van der Waals surface area contributed by atoms with Crippen LogP contribution in [0.3, 0.4) is 0 Å². The lowest BCUT2D eigenvalue weighted by atomic mass is 10.1. The van der Waals surface area contributed by atoms with Gasteiger partial charge in [-0.05, 0) is 30.2 Å². The summed E-state index contributed by atoms with van der Waals surface area (Å²) in [4.78, 5) is 21.3. The topological polar surface area (TPSA) is 66.4 Å². The van der Waals surface area contributed by atoms with E-state index in [2.05, 4.69) is 5.32 Å². The highest BCUT2D eigenvalue weighted by molar-refractivity contribution is 5.81. The number of carbonyl (C=O) groups excluding carboxylic acids is 1. The Balaban J connectivity index is 2.47. The van der Waals surface area contributed by atoms with Crippen molar-refractivity contribution < 1.29 is 23.5 Å². The van der Waals surface area contributed by atoms with E-state index >= 15 is 0 Å². The summed E-state index contributed by atoms with van der Waals surface area (Å²) >= 11 is 0. The molecule has 0 aliphatic rings. The van der Waals surface area contributed by atoms with Gasteiger partial charge in [-0.1, -0.05) is 0 Å². The zero-order valence-electron chi connectivity index (χ0n) is 8.87. The van der Waals surface area contributed by atoms with Crippen LogP contribution in [0.2, 0.25) is 0 Å². The molecule has 92 valence electrons. The summed E-state index contributed by atoms with van der Waals surface area (Å²) in [6, 6.07) is 2.99. The van der Waals surface area contributed by atoms with Crippen molar-refractivity contribution in [3.8, 4) is 0 Å². The van der Waals surface area contributed by atoms with Crippen LogP contribution in [-0.4, -0.2) is 23.5 Å². The summed E-state index contributed by atoms with van der Waals surface area (Å²) in [6.45, 7) is -0.482. The number of benzene rings is 1. The van der Waals surface area contributed by atoms with Gasteiger partial charge in [0.05, 0.1) is 0 Å². The maximum Gasteiger partial charge on any atom is 0.322 e. The molecular weight excluding hydrogens is 232 g/mol. The van der Waals surface area contributed by atoms with E-state index in [9.17, 15) is 18.4 Å². The summed E-state index contributed by atoms with van der Waals surface area (Å²) < 4.78 is 25.9. The monoisotopic (exact) mass is 243 g/mol. The highest BCUT2D eigenvalue weighted by Crippen LogP contribution is 2.11. The largest absolute Gasteiger partial charge is 0.480 e. The van der Waals surface area contributed by atoms with Crippen LogP contribution in [-0.2, 0) is 16.0 Å². The maximum absolute atomic E-state index is 13.1. The molecule has 17 heavy (non-hydrogen) atoms. The molecule has 0 saturated carbocycles. The molecule has 0 spiro atoms. The predicted molar refractivity (Wildman–Crippen MR) is 55.3 cm³/mol. The second-order valence-electron chi connectivity index (χ2n) is 3.41. The highest BCUT2D eigenvalue weighted by atomic mass is 19.1. The van der Waals surface area contributed by atoms with Crippen molar-refractivity contribution in [3.63, 3.8) is 0 Å². The minimum absolute atomic E-state index is 0.0229. The van der Waals surface area contributed by atoms with Crippen LogP contribution < -0.4 is 5.32 Å². The summed E-state index contributed by atoms with van der Waals surface area (Å²) in [6.07, 6.45) is -0.0668. The second kappa shape index (κ2) is 5.93. The van der Waals surface area contributed by atoms with Crippen LogP contribution in [0.5, 0.6) is 0 Å². The van der Waals surface area contributed by atoms with E-state index in [0.29, 0.717) is 0 Å². The van der Waals surface area contributed by atoms with Gasteiger partial charge in [-0.25, -0.2) is 8.78 Å². The third-order valence-corrected chi connectivity index (χ3v) is 2.07. The molecule has 4 nitrogen and oxygen atoms in total. The Bertz CT molecular complexity index is 435. The van der Waals surface area contributed by atoms with Crippen molar-refractivity contribution in [2.24, 2.45) is 0 Å². The fraction of sp³-hybridized carbons (Fsp3) is 0.273. The van der Waals surface area contributed by atoms with Gasteiger partial charge in [0.2, 0.25) is 5.91 Å². The molecule has 0 fully saturated rings. The molecule has 0 aromatic heterocycles. The molecule has 0 saturated heterocycles. The lowest BCUT2D eigenvalue weighted by Crippen LogP contribution is -2.29. The zero-order valence-corrected chi connectivity index (χ0v) is 8.87. The number of carboxylic acid groups (broad SMARTS) is 1. The first-order valence-corrected chi connectivity index (χ1v) is 4.91. The van der Waals surface area contributed by atoms with Crippen molar-refractivity contribution in [1.29, 1.82) is 0 Å². The quantitative estimate of drug-likeness (QED) is 0.813. The summed E-state index contributed by atoms with van der Waals surface area (Å²) in [5.74, 6) is -2.84. The Hall–Kier alpha value is -1.98. The number of hydrogen-bond donors (Lipinski definition) is 2. The molecule has 0 aliphatic heterocycles. The Kier molecular flexibility index (Phi) is 4.56. The van der Waals surface area contributed by atoms with E-state index < -0.39 is 30.1 Å². The number of nitrogens with one attached hydrogen (secondary N) is 1. The van der Waals surface area contributed by atoms with Gasteiger partial charge in [0.15, 0.2) is 0 Å². The molecule has 0 aliphatic carbocycles. The Morgan fingerprint density at radius 1 is 1.29 bits per heavy atom. The summed E-state index contributed by atoms with van der Waals surface area (Å²) in [5.41, 5.74) is 0.0930. The number of halogens is 2. The third-order valence-electron chi connectivity index (χ3n) is 2.07. The van der Waals surface area contributed by atoms with Gasteiger partial charge in [0.1, 0.15) is 18.2 Å². The first kappa shape index (κ1) is 13.1. The Morgan fingerprint density at radius 2 is 2.00 bits per heavy atom. The lowest BCUT2D eigenvalue weighted by Gasteiger charge is -2.04. The molecule has 1 amide bonds. The fourth-order valence-electron chi connectivity index (χ4n) is 1.25. The summed E-state index contributed by atoms with van der Waals surface area (Å²) in [7, 11) is 0. The number of aliphatic carboxylic acids is 1. The molecule has 1 rings (SSSR count). The summed E-state index contributed by atoms with van der Waals surface area (Å²) in [5, 5.41) is 10.4. The zero-order chi connectivity index (χ0) is 12.8. The van der Waals surface area contributed by atoms with Crippen LogP contribution in [0, 0.1) is 11.6 Å². The van der Waals surface area contributed by atoms with Crippen molar-refractivity contribution in [3.05, 3.63) is 35.4 Å². The molecule has 0 bridgehead atoms. The van der Waals surface area contributed by atoms with E-state index in [4.69, 9.17) is 5.11 Å². The lowest BCUT2D eigenvalue weighted by molar-refractivity contribution is -0.137. The molecule has 1 aromatic rings. The minimum Gasteiger partial charge on any atom is -0.480 e. The first-order chi connectivity index (χ1) is 7.99. The molecule has 0 radical (unpaired) electrons. The smallest absolute Gasteiger partial charge is 0.322 e. The Morgan fingerprint density at radius 3 is 2.65 bits per heavy atom. The number of carboxylic acids is 1. The third kappa shape index (κ3) is 4.58. The molecular formula is C11H11F2NO3. The van der Waals surface area contributed by atoms with Gasteiger partial charge in [0, 0.05) is 6.42 Å². The maximum atomic E-state index is 13.1. The highest BCUT2D eigenvalue weighted by Gasteiger charge is 2.08. The SMILES string of the molecule is O=C(O)CNC(=O)CCc1cc(F)ccc1F. The van der Waals surface area contributed by atoms with Crippen molar-refractivity contribution in [2.75, 3.05) is 6.54 Å². The number of hydrogen-bond acceptors (Lipinski definition) is 2. The Labute approximate surface area is 96.3 Å². The van der Waals surface area contributed by atoms with Gasteiger partial charge in [-0.3, -0.25) is 9.59 Å². The van der Waals surface area contributed by atoms with E-state index in [0.717, 1.165) is 18.2 Å². The van der Waals surface area contributed by atoms with Gasteiger partial charge in [0.25, 0.3) is 0 Å². The van der Waals surface area contributed by atoms with Crippen LogP contribution in [0.25, 0.3) is 0 Å². The minimum atomic E-state index is -1.16. The van der Waals surface area contributed by atoms with Gasteiger partial charge >= 0.3 is 5.97 Å². The van der Waals surface area contributed by atoms with E-state index in [1.807, 2.05) is 0 Å². The van der Waals surface area contributed by atoms with Crippen molar-refractivity contribution in [1.82, 2.24) is 5.32 Å². The average Bonchev–Trinajstić information content (AvgIpc) is 2.27. The number of rotatable bonds is 5. The normalized spacial score (nSPS) is 10.0. The van der Waals surface area contributed by atoms with E-state index in [1.165, 1.54) is 0 Å². The van der Waals surface area contributed by atoms with E-state index in [1.54, 1.807) is 0 Å². The first-order valence-electron chi connectivity index (χ1n) is 4.91. The van der Waals surface area contributed by atoms with Gasteiger partial charge in [-0.2, -0.15) is 0 Å². The fourth-order valence-corrected chi connectivity index (χ4v) is 1.25. The van der Waals surface area contributed by atoms with Crippen molar-refractivity contribution >= 4 is 11.9 Å². The van der Waals surface area contributed by atoms with Crippen molar-refractivity contribution in [2.45, 2.75) is 12.8 Å². The van der Waals surface area contributed by atoms with Crippen LogP contribution >= 0.6 is 0 Å². The molecule has 0 unspecified atom stereocenters.